The second-order valence-electron chi connectivity index (χ2n) is 7.64. The number of thiophene rings is 1. The molecule has 1 aromatic heterocycles. The van der Waals surface area contributed by atoms with Crippen molar-refractivity contribution in [2.45, 2.75) is 23.6 Å². The van der Waals surface area contributed by atoms with Gasteiger partial charge in [0, 0.05) is 12.2 Å². The summed E-state index contributed by atoms with van der Waals surface area (Å²) in [7, 11) is -1.30. The van der Waals surface area contributed by atoms with Crippen LogP contribution < -0.4 is 20.3 Å². The maximum atomic E-state index is 13.6. The minimum absolute atomic E-state index is 0.0980. The van der Waals surface area contributed by atoms with Gasteiger partial charge in [-0.3, -0.25) is 15.3 Å². The smallest absolute Gasteiger partial charge is 0.412 e. The number of carbonyl (C=O) groups is 2. The van der Waals surface area contributed by atoms with Gasteiger partial charge >= 0.3 is 6.09 Å². The molecule has 0 saturated carbocycles. The Bertz CT molecular complexity index is 1340. The molecule has 2 unspecified atom stereocenters. The first-order valence-corrected chi connectivity index (χ1v) is 12.9. The molecule has 0 saturated heterocycles. The van der Waals surface area contributed by atoms with Crippen LogP contribution in [0.1, 0.15) is 16.5 Å². The van der Waals surface area contributed by atoms with Gasteiger partial charge in [-0.25, -0.2) is 18.7 Å². The van der Waals surface area contributed by atoms with Crippen LogP contribution in [0.15, 0.2) is 64.9 Å². The maximum absolute atomic E-state index is 13.6. The average Bonchev–Trinajstić information content (AvgIpc) is 3.37. The second-order valence-corrected chi connectivity index (χ2v) is 10.5. The Morgan fingerprint density at radius 3 is 2.19 bits per heavy atom. The van der Waals surface area contributed by atoms with E-state index in [2.05, 4.69) is 5.32 Å². The highest BCUT2D eigenvalue weighted by atomic mass is 32.2. The number of nitrogens with one attached hydrogen (secondary N) is 2. The lowest BCUT2D eigenvalue weighted by atomic mass is 10.0. The Morgan fingerprint density at radius 2 is 1.61 bits per heavy atom. The fourth-order valence-corrected chi connectivity index (χ4v) is 6.33. The highest BCUT2D eigenvalue weighted by Gasteiger charge is 2.48. The topological polar surface area (TPSA) is 144 Å². The normalized spacial score (nSPS) is 17.5. The van der Waals surface area contributed by atoms with E-state index in [9.17, 15) is 23.2 Å². The lowest BCUT2D eigenvalue weighted by Gasteiger charge is -2.38. The number of rotatable bonds is 7. The van der Waals surface area contributed by atoms with E-state index < -0.39 is 34.2 Å². The molecule has 11 nitrogen and oxygen atoms in total. The highest BCUT2D eigenvalue weighted by molar-refractivity contribution is 7.89. The fourth-order valence-electron chi connectivity index (χ4n) is 3.80. The quantitative estimate of drug-likeness (QED) is 0.310. The van der Waals surface area contributed by atoms with Crippen molar-refractivity contribution in [3.63, 3.8) is 0 Å². The largest absolute Gasteiger partial charge is 0.497 e. The van der Waals surface area contributed by atoms with Gasteiger partial charge < -0.3 is 14.2 Å². The summed E-state index contributed by atoms with van der Waals surface area (Å²) in [5.41, 5.74) is 2.48. The van der Waals surface area contributed by atoms with Crippen molar-refractivity contribution in [1.82, 2.24) is 9.79 Å². The number of anilines is 1. The van der Waals surface area contributed by atoms with Crippen LogP contribution >= 0.6 is 11.3 Å². The van der Waals surface area contributed by atoms with Crippen LogP contribution in [-0.2, 0) is 26.1 Å². The molecule has 1 aliphatic heterocycles. The molecule has 4 rings (SSSR count). The minimum Gasteiger partial charge on any atom is -0.497 e. The van der Waals surface area contributed by atoms with Crippen LogP contribution in [0, 0.1) is 0 Å². The summed E-state index contributed by atoms with van der Waals surface area (Å²) in [6.45, 7) is -0.161. The first-order chi connectivity index (χ1) is 17.3. The van der Waals surface area contributed by atoms with Gasteiger partial charge in [-0.2, -0.15) is 4.31 Å². The van der Waals surface area contributed by atoms with E-state index in [1.54, 1.807) is 35.7 Å². The first kappa shape index (κ1) is 25.4. The Kier molecular flexibility index (Phi) is 7.45. The van der Waals surface area contributed by atoms with E-state index in [1.807, 2.05) is 0 Å². The number of nitrogens with zero attached hydrogens (tertiary/aromatic N) is 1. The lowest BCUT2D eigenvalue weighted by molar-refractivity contribution is -0.137. The third-order valence-electron chi connectivity index (χ3n) is 5.58. The van der Waals surface area contributed by atoms with Crippen LogP contribution in [0.4, 0.5) is 10.5 Å². The SMILES string of the molecule is COc1ccc(NC(=O)OC2c3sccc3CN(S(=O)(=O)c3ccc(OC)cc3)C2C(=O)NO)cc1. The Morgan fingerprint density at radius 1 is 1.00 bits per heavy atom. The molecule has 36 heavy (non-hydrogen) atoms. The highest BCUT2D eigenvalue weighted by Crippen LogP contribution is 2.41. The minimum atomic E-state index is -4.26. The zero-order valence-corrected chi connectivity index (χ0v) is 20.8. The van der Waals surface area contributed by atoms with Crippen LogP contribution in [-0.4, -0.2) is 50.2 Å². The van der Waals surface area contributed by atoms with Gasteiger partial charge in [0.2, 0.25) is 10.0 Å². The van der Waals surface area contributed by atoms with Gasteiger partial charge in [0.1, 0.15) is 17.5 Å². The maximum Gasteiger partial charge on any atom is 0.412 e. The van der Waals surface area contributed by atoms with Crippen molar-refractivity contribution < 1.29 is 37.4 Å². The number of hydrogen-bond donors (Lipinski definition) is 3. The predicted molar refractivity (Wildman–Crippen MR) is 130 cm³/mol. The van der Waals surface area contributed by atoms with Crippen LogP contribution in [0.5, 0.6) is 11.5 Å². The molecule has 0 radical (unpaired) electrons. The molecule has 0 bridgehead atoms. The first-order valence-electron chi connectivity index (χ1n) is 10.6. The van der Waals surface area contributed by atoms with Crippen molar-refractivity contribution in [3.05, 3.63) is 70.4 Å². The molecule has 2 aromatic carbocycles. The van der Waals surface area contributed by atoms with Crippen molar-refractivity contribution in [3.8, 4) is 11.5 Å². The molecule has 3 N–H and O–H groups in total. The van der Waals surface area contributed by atoms with Gasteiger partial charge in [0.25, 0.3) is 5.91 Å². The third-order valence-corrected chi connectivity index (χ3v) is 8.44. The summed E-state index contributed by atoms with van der Waals surface area (Å²) < 4.78 is 43.9. The number of methoxy groups -OCH3 is 2. The molecule has 0 aliphatic carbocycles. The summed E-state index contributed by atoms with van der Waals surface area (Å²) in [5, 5.41) is 13.7. The lowest BCUT2D eigenvalue weighted by Crippen LogP contribution is -2.54. The number of benzene rings is 2. The number of hydroxylamine groups is 1. The van der Waals surface area contributed by atoms with Crippen molar-refractivity contribution >= 4 is 39.0 Å². The summed E-state index contributed by atoms with van der Waals surface area (Å²) in [6, 6.07) is 12.2. The van der Waals surface area contributed by atoms with E-state index in [0.29, 0.717) is 27.6 Å². The van der Waals surface area contributed by atoms with Gasteiger partial charge in [0.15, 0.2) is 6.10 Å². The molecular formula is C23H23N3O8S2. The Hall–Kier alpha value is -3.65. The Balaban J connectivity index is 1.68. The summed E-state index contributed by atoms with van der Waals surface area (Å²) in [4.78, 5) is 26.0. The van der Waals surface area contributed by atoms with Gasteiger partial charge in [-0.15, -0.1) is 11.3 Å². The van der Waals surface area contributed by atoms with E-state index in [1.165, 1.54) is 55.3 Å². The predicted octanol–water partition coefficient (Wildman–Crippen LogP) is 3.13. The zero-order valence-electron chi connectivity index (χ0n) is 19.2. The molecule has 1 aliphatic rings. The number of hydrogen-bond acceptors (Lipinski definition) is 9. The molecular weight excluding hydrogens is 510 g/mol. The van der Waals surface area contributed by atoms with E-state index >= 15 is 0 Å². The third kappa shape index (κ3) is 4.99. The standard InChI is InChI=1S/C23H23N3O8S2/c1-32-16-5-3-15(4-6-16)24-23(28)34-20-19(22(27)25-29)26(13-14-11-12-35-21(14)20)36(30,31)18-9-7-17(33-2)8-10-18/h3-12,19-20,29H,13H2,1-2H3,(H,24,28)(H,25,27). The van der Waals surface area contributed by atoms with Gasteiger partial charge in [-0.05, 0) is 65.5 Å². The molecule has 2 heterocycles. The number of ether oxygens (including phenoxy) is 3. The fraction of sp³-hybridized carbons (Fsp3) is 0.217. The molecule has 2 amide bonds. The van der Waals surface area contributed by atoms with Crippen LogP contribution in [0.25, 0.3) is 0 Å². The van der Waals surface area contributed by atoms with Crippen molar-refractivity contribution in [2.75, 3.05) is 19.5 Å². The van der Waals surface area contributed by atoms with Crippen molar-refractivity contribution in [2.24, 2.45) is 0 Å². The zero-order chi connectivity index (χ0) is 25.9. The average molecular weight is 534 g/mol. The number of fused-ring (bicyclic) bond motifs is 1. The molecule has 13 heteroatoms. The van der Waals surface area contributed by atoms with Crippen LogP contribution in [0.3, 0.4) is 0 Å². The number of sulfonamides is 1. The molecule has 0 spiro atoms. The summed E-state index contributed by atoms with van der Waals surface area (Å²) in [6.07, 6.45) is -2.24. The van der Waals surface area contributed by atoms with E-state index in [4.69, 9.17) is 14.2 Å². The molecule has 2 atom stereocenters. The second kappa shape index (κ2) is 10.5. The van der Waals surface area contributed by atoms with Gasteiger partial charge in [0.05, 0.1) is 24.0 Å². The monoisotopic (exact) mass is 533 g/mol. The van der Waals surface area contributed by atoms with E-state index in [-0.39, 0.29) is 11.4 Å². The summed E-state index contributed by atoms with van der Waals surface area (Å²) >= 11 is 1.21. The molecule has 190 valence electrons. The van der Waals surface area contributed by atoms with Crippen LogP contribution in [0.2, 0.25) is 0 Å². The Labute approximate surface area is 211 Å². The van der Waals surface area contributed by atoms with Gasteiger partial charge in [-0.1, -0.05) is 0 Å². The van der Waals surface area contributed by atoms with E-state index in [0.717, 1.165) is 4.31 Å². The number of amides is 2. The molecule has 0 fully saturated rings. The molecule has 3 aromatic rings. The number of carbonyl (C=O) groups excluding carboxylic acids is 2. The van der Waals surface area contributed by atoms with Crippen molar-refractivity contribution in [1.29, 1.82) is 0 Å². The summed E-state index contributed by atoms with van der Waals surface area (Å²) in [5.74, 6) is -0.00866.